The summed E-state index contributed by atoms with van der Waals surface area (Å²) in [5.41, 5.74) is 5.63. The molecule has 130 valence electrons. The van der Waals surface area contributed by atoms with Gasteiger partial charge in [0.05, 0.1) is 23.6 Å². The van der Waals surface area contributed by atoms with E-state index in [0.29, 0.717) is 11.6 Å². The van der Waals surface area contributed by atoms with Crippen LogP contribution in [-0.2, 0) is 6.42 Å². The monoisotopic (exact) mass is 364 g/mol. The van der Waals surface area contributed by atoms with Gasteiger partial charge in [-0.2, -0.15) is 5.10 Å². The first kappa shape index (κ1) is 16.6. The van der Waals surface area contributed by atoms with Gasteiger partial charge in [-0.05, 0) is 41.8 Å². The summed E-state index contributed by atoms with van der Waals surface area (Å²) < 4.78 is 0. The predicted octanol–water partition coefficient (Wildman–Crippen LogP) is 4.56. The highest BCUT2D eigenvalue weighted by Crippen LogP contribution is 2.32. The standard InChI is InChI=1S/C20H17ClN4O/c21-20-17(14-5-6-19-15(9-14)11-23-25-19)10-16(12-22-20)24-18-4-2-1-3-13(18)7-8-26/h1-6,9-12,24,26H,7-8H2,(H,23,25). The Hall–Kier alpha value is -2.89. The van der Waals surface area contributed by atoms with Crippen LogP contribution >= 0.6 is 11.6 Å². The highest BCUT2D eigenvalue weighted by Gasteiger charge is 2.09. The maximum atomic E-state index is 9.24. The van der Waals surface area contributed by atoms with Crippen molar-refractivity contribution in [1.82, 2.24) is 15.2 Å². The second-order valence-electron chi connectivity index (χ2n) is 5.99. The summed E-state index contributed by atoms with van der Waals surface area (Å²) in [6.45, 7) is 0.105. The second kappa shape index (κ2) is 7.15. The molecular formula is C20H17ClN4O. The van der Waals surface area contributed by atoms with Crippen LogP contribution in [0.3, 0.4) is 0 Å². The normalized spacial score (nSPS) is 11.0. The molecule has 0 bridgehead atoms. The van der Waals surface area contributed by atoms with Crippen molar-refractivity contribution in [3.05, 3.63) is 71.6 Å². The van der Waals surface area contributed by atoms with E-state index >= 15 is 0 Å². The number of pyridine rings is 1. The van der Waals surface area contributed by atoms with Crippen molar-refractivity contribution in [3.63, 3.8) is 0 Å². The number of fused-ring (bicyclic) bond motifs is 1. The lowest BCUT2D eigenvalue weighted by molar-refractivity contribution is 0.300. The van der Waals surface area contributed by atoms with E-state index in [2.05, 4.69) is 20.5 Å². The lowest BCUT2D eigenvalue weighted by Crippen LogP contribution is -1.99. The quantitative estimate of drug-likeness (QED) is 0.454. The number of hydrogen-bond acceptors (Lipinski definition) is 4. The first-order chi connectivity index (χ1) is 12.7. The zero-order valence-electron chi connectivity index (χ0n) is 13.9. The third kappa shape index (κ3) is 3.27. The Morgan fingerprint density at radius 1 is 1.08 bits per heavy atom. The fraction of sp³-hybridized carbons (Fsp3) is 0.100. The number of H-pyrrole nitrogens is 1. The summed E-state index contributed by atoms with van der Waals surface area (Å²) in [4.78, 5) is 4.33. The molecule has 6 heteroatoms. The van der Waals surface area contributed by atoms with Crippen LogP contribution in [0.5, 0.6) is 0 Å². The van der Waals surface area contributed by atoms with E-state index in [4.69, 9.17) is 11.6 Å². The van der Waals surface area contributed by atoms with E-state index in [1.807, 2.05) is 48.5 Å². The van der Waals surface area contributed by atoms with E-state index in [-0.39, 0.29) is 6.61 Å². The lowest BCUT2D eigenvalue weighted by atomic mass is 10.1. The van der Waals surface area contributed by atoms with Crippen molar-refractivity contribution in [2.75, 3.05) is 11.9 Å². The summed E-state index contributed by atoms with van der Waals surface area (Å²) in [5.74, 6) is 0. The molecule has 0 fully saturated rings. The van der Waals surface area contributed by atoms with E-state index in [1.165, 1.54) is 0 Å². The first-order valence-corrected chi connectivity index (χ1v) is 8.67. The number of benzene rings is 2. The minimum absolute atomic E-state index is 0.105. The summed E-state index contributed by atoms with van der Waals surface area (Å²) in [6.07, 6.45) is 4.08. The molecule has 0 aliphatic carbocycles. The molecule has 2 aromatic heterocycles. The van der Waals surface area contributed by atoms with Crippen LogP contribution < -0.4 is 5.32 Å². The van der Waals surface area contributed by atoms with Gasteiger partial charge in [0.25, 0.3) is 0 Å². The zero-order chi connectivity index (χ0) is 17.9. The molecule has 26 heavy (non-hydrogen) atoms. The smallest absolute Gasteiger partial charge is 0.136 e. The summed E-state index contributed by atoms with van der Waals surface area (Å²) in [7, 11) is 0. The van der Waals surface area contributed by atoms with Gasteiger partial charge in [-0.25, -0.2) is 4.98 Å². The van der Waals surface area contributed by atoms with E-state index < -0.39 is 0 Å². The van der Waals surface area contributed by atoms with Crippen molar-refractivity contribution in [1.29, 1.82) is 0 Å². The lowest BCUT2D eigenvalue weighted by Gasteiger charge is -2.13. The minimum Gasteiger partial charge on any atom is -0.396 e. The Morgan fingerprint density at radius 3 is 2.85 bits per heavy atom. The zero-order valence-corrected chi connectivity index (χ0v) is 14.7. The molecule has 0 atom stereocenters. The fourth-order valence-electron chi connectivity index (χ4n) is 2.97. The Kier molecular flexibility index (Phi) is 4.56. The molecule has 0 unspecified atom stereocenters. The Bertz CT molecular complexity index is 1060. The molecule has 0 saturated heterocycles. The number of aromatic amines is 1. The summed E-state index contributed by atoms with van der Waals surface area (Å²) in [5, 5.41) is 21.1. The van der Waals surface area contributed by atoms with Crippen molar-refractivity contribution >= 4 is 33.9 Å². The van der Waals surface area contributed by atoms with Gasteiger partial charge in [0.2, 0.25) is 0 Å². The van der Waals surface area contributed by atoms with Gasteiger partial charge in [-0.15, -0.1) is 0 Å². The van der Waals surface area contributed by atoms with Gasteiger partial charge in [-0.1, -0.05) is 35.9 Å². The number of nitrogens with zero attached hydrogens (tertiary/aromatic N) is 2. The fourth-order valence-corrected chi connectivity index (χ4v) is 3.18. The van der Waals surface area contributed by atoms with Crippen molar-refractivity contribution in [3.8, 4) is 11.1 Å². The number of hydrogen-bond donors (Lipinski definition) is 3. The number of aromatic nitrogens is 3. The number of rotatable bonds is 5. The molecular weight excluding hydrogens is 348 g/mol. The largest absolute Gasteiger partial charge is 0.396 e. The Labute approximate surface area is 155 Å². The molecule has 5 nitrogen and oxygen atoms in total. The van der Waals surface area contributed by atoms with E-state index in [9.17, 15) is 5.11 Å². The molecule has 4 rings (SSSR count). The van der Waals surface area contributed by atoms with Crippen LogP contribution in [0.25, 0.3) is 22.0 Å². The van der Waals surface area contributed by atoms with Gasteiger partial charge in [0.1, 0.15) is 5.15 Å². The Morgan fingerprint density at radius 2 is 1.96 bits per heavy atom. The molecule has 0 saturated carbocycles. The van der Waals surface area contributed by atoms with Crippen LogP contribution in [0.4, 0.5) is 11.4 Å². The molecule has 0 aliphatic rings. The van der Waals surface area contributed by atoms with Crippen molar-refractivity contribution in [2.24, 2.45) is 0 Å². The number of aliphatic hydroxyl groups is 1. The highest BCUT2D eigenvalue weighted by molar-refractivity contribution is 6.32. The maximum Gasteiger partial charge on any atom is 0.136 e. The van der Waals surface area contributed by atoms with Crippen molar-refractivity contribution in [2.45, 2.75) is 6.42 Å². The van der Waals surface area contributed by atoms with Gasteiger partial charge in [-0.3, -0.25) is 5.10 Å². The average Bonchev–Trinajstić information content (AvgIpc) is 3.13. The van der Waals surface area contributed by atoms with Crippen molar-refractivity contribution < 1.29 is 5.11 Å². The topological polar surface area (TPSA) is 73.8 Å². The molecule has 2 heterocycles. The third-order valence-electron chi connectivity index (χ3n) is 4.27. The number of anilines is 2. The van der Waals surface area contributed by atoms with Crippen LogP contribution in [-0.4, -0.2) is 26.9 Å². The summed E-state index contributed by atoms with van der Waals surface area (Å²) in [6, 6.07) is 15.9. The first-order valence-electron chi connectivity index (χ1n) is 8.29. The van der Waals surface area contributed by atoms with Gasteiger partial charge in [0, 0.05) is 23.2 Å². The number of halogens is 1. The molecule has 2 aromatic carbocycles. The van der Waals surface area contributed by atoms with Crippen LogP contribution in [0.1, 0.15) is 5.56 Å². The van der Waals surface area contributed by atoms with Gasteiger partial charge < -0.3 is 10.4 Å². The van der Waals surface area contributed by atoms with Gasteiger partial charge >= 0.3 is 0 Å². The average molecular weight is 365 g/mol. The number of para-hydroxylation sites is 1. The number of aliphatic hydroxyl groups excluding tert-OH is 1. The molecule has 0 amide bonds. The third-order valence-corrected chi connectivity index (χ3v) is 4.57. The van der Waals surface area contributed by atoms with Crippen LogP contribution in [0.2, 0.25) is 5.15 Å². The number of nitrogens with one attached hydrogen (secondary N) is 2. The molecule has 3 N–H and O–H groups in total. The molecule has 0 aliphatic heterocycles. The maximum absolute atomic E-state index is 9.24. The van der Waals surface area contributed by atoms with Gasteiger partial charge in [0.15, 0.2) is 0 Å². The summed E-state index contributed by atoms with van der Waals surface area (Å²) >= 11 is 6.34. The Balaban J connectivity index is 1.70. The molecule has 4 aromatic rings. The van der Waals surface area contributed by atoms with E-state index in [1.54, 1.807) is 12.4 Å². The van der Waals surface area contributed by atoms with Crippen LogP contribution in [0, 0.1) is 0 Å². The minimum atomic E-state index is 0.105. The second-order valence-corrected chi connectivity index (χ2v) is 6.35. The van der Waals surface area contributed by atoms with Crippen LogP contribution in [0.15, 0.2) is 60.9 Å². The molecule has 0 radical (unpaired) electrons. The SMILES string of the molecule is OCCc1ccccc1Nc1cnc(Cl)c(-c2ccc3[nH]ncc3c2)c1. The highest BCUT2D eigenvalue weighted by atomic mass is 35.5. The predicted molar refractivity (Wildman–Crippen MR) is 105 cm³/mol. The molecule has 0 spiro atoms. The van der Waals surface area contributed by atoms with E-state index in [0.717, 1.165) is 39.0 Å².